The second kappa shape index (κ2) is 8.94. The van der Waals surface area contributed by atoms with Crippen molar-refractivity contribution in [1.82, 2.24) is 0 Å². The Morgan fingerprint density at radius 1 is 0.857 bits per heavy atom. The molecule has 0 spiro atoms. The van der Waals surface area contributed by atoms with Crippen LogP contribution in [0.4, 0.5) is 0 Å². The van der Waals surface area contributed by atoms with Gasteiger partial charge in [0.25, 0.3) is 0 Å². The van der Waals surface area contributed by atoms with Crippen LogP contribution in [0.25, 0.3) is 6.08 Å². The number of benzene rings is 3. The van der Waals surface area contributed by atoms with Crippen molar-refractivity contribution in [3.63, 3.8) is 0 Å². The normalized spacial score (nSPS) is 14.4. The van der Waals surface area contributed by atoms with E-state index in [0.717, 1.165) is 5.56 Å². The predicted octanol–water partition coefficient (Wildman–Crippen LogP) is 4.28. The maximum Gasteiger partial charge on any atom is 0.343 e. The van der Waals surface area contributed by atoms with Gasteiger partial charge in [-0.3, -0.25) is 4.79 Å². The Kier molecular flexibility index (Phi) is 5.66. The van der Waals surface area contributed by atoms with Gasteiger partial charge in [-0.2, -0.15) is 0 Å². The van der Waals surface area contributed by atoms with Crippen LogP contribution in [-0.4, -0.2) is 39.9 Å². The van der Waals surface area contributed by atoms with Crippen molar-refractivity contribution in [1.29, 1.82) is 0 Å². The maximum absolute atomic E-state index is 12.8. The van der Waals surface area contributed by atoms with Crippen molar-refractivity contribution < 1.29 is 42.7 Å². The Bertz CT molecular complexity index is 1350. The van der Waals surface area contributed by atoms with Crippen LogP contribution in [0.3, 0.4) is 0 Å². The van der Waals surface area contributed by atoms with Gasteiger partial charge < -0.3 is 33.2 Å². The number of rotatable bonds is 6. The zero-order valence-electron chi connectivity index (χ0n) is 19.1. The van der Waals surface area contributed by atoms with Crippen LogP contribution < -0.4 is 33.2 Å². The van der Waals surface area contributed by atoms with E-state index in [1.54, 1.807) is 30.3 Å². The van der Waals surface area contributed by atoms with E-state index in [2.05, 4.69) is 0 Å². The van der Waals surface area contributed by atoms with Gasteiger partial charge in [-0.15, -0.1) is 0 Å². The van der Waals surface area contributed by atoms with Crippen LogP contribution >= 0.6 is 0 Å². The Morgan fingerprint density at radius 3 is 2.31 bits per heavy atom. The number of hydrogen-bond donors (Lipinski definition) is 0. The highest BCUT2D eigenvalue weighted by Crippen LogP contribution is 2.39. The molecular formula is C26H20O9. The van der Waals surface area contributed by atoms with Crippen LogP contribution in [0, 0.1) is 0 Å². The molecule has 0 N–H and O–H groups in total. The lowest BCUT2D eigenvalue weighted by molar-refractivity contribution is 0.0733. The SMILES string of the molecule is COc1cc(C(=O)Oc2ccc3c(c2)O/C(=C\c2ccc4c(c2)OCO4)C3=O)cc(OC)c1OC. The molecular weight excluding hydrogens is 456 g/mol. The number of methoxy groups -OCH3 is 3. The number of carbonyl (C=O) groups excluding carboxylic acids is 2. The summed E-state index contributed by atoms with van der Waals surface area (Å²) in [5.74, 6) is 1.96. The lowest BCUT2D eigenvalue weighted by atomic mass is 10.1. The zero-order valence-corrected chi connectivity index (χ0v) is 19.1. The second-order valence-electron chi connectivity index (χ2n) is 7.51. The maximum atomic E-state index is 12.8. The summed E-state index contributed by atoms with van der Waals surface area (Å²) in [5, 5.41) is 0. The summed E-state index contributed by atoms with van der Waals surface area (Å²) in [6.07, 6.45) is 1.62. The second-order valence-corrected chi connectivity index (χ2v) is 7.51. The minimum Gasteiger partial charge on any atom is -0.493 e. The molecule has 0 unspecified atom stereocenters. The van der Waals surface area contributed by atoms with Gasteiger partial charge in [0.2, 0.25) is 18.3 Å². The third-order valence-electron chi connectivity index (χ3n) is 5.45. The fraction of sp³-hybridized carbons (Fsp3) is 0.154. The summed E-state index contributed by atoms with van der Waals surface area (Å²) in [7, 11) is 4.38. The van der Waals surface area contributed by atoms with Crippen molar-refractivity contribution in [3.05, 3.63) is 71.0 Å². The predicted molar refractivity (Wildman–Crippen MR) is 123 cm³/mol. The van der Waals surface area contributed by atoms with Crippen molar-refractivity contribution in [2.45, 2.75) is 0 Å². The molecule has 0 atom stereocenters. The first kappa shape index (κ1) is 22.1. The summed E-state index contributed by atoms with van der Waals surface area (Å²) in [5.41, 5.74) is 1.28. The first-order chi connectivity index (χ1) is 17.0. The van der Waals surface area contributed by atoms with Crippen LogP contribution in [-0.2, 0) is 0 Å². The average Bonchev–Trinajstić information content (AvgIpc) is 3.46. The molecule has 178 valence electrons. The van der Waals surface area contributed by atoms with E-state index in [4.69, 9.17) is 33.2 Å². The highest BCUT2D eigenvalue weighted by atomic mass is 16.7. The smallest absolute Gasteiger partial charge is 0.343 e. The summed E-state index contributed by atoms with van der Waals surface area (Å²) >= 11 is 0. The molecule has 2 aliphatic rings. The summed E-state index contributed by atoms with van der Waals surface area (Å²) in [4.78, 5) is 25.6. The summed E-state index contributed by atoms with van der Waals surface area (Å²) < 4.78 is 37.8. The fourth-order valence-corrected chi connectivity index (χ4v) is 3.75. The molecule has 5 rings (SSSR count). The number of esters is 1. The average molecular weight is 476 g/mol. The molecule has 3 aromatic carbocycles. The number of ether oxygens (including phenoxy) is 7. The van der Waals surface area contributed by atoms with E-state index in [1.165, 1.54) is 45.6 Å². The standard InChI is InChI=1S/C26H20O9/c1-29-22-10-15(11-23(30-2)25(22)31-3)26(28)34-16-5-6-17-19(12-16)35-21(24(17)27)9-14-4-7-18-20(8-14)33-13-32-18/h4-12H,13H2,1-3H3/b21-9-. The first-order valence-electron chi connectivity index (χ1n) is 10.5. The summed E-state index contributed by atoms with van der Waals surface area (Å²) in [6.45, 7) is 0.161. The van der Waals surface area contributed by atoms with E-state index in [9.17, 15) is 9.59 Å². The molecule has 0 bridgehead atoms. The van der Waals surface area contributed by atoms with Crippen molar-refractivity contribution in [3.8, 4) is 40.2 Å². The van der Waals surface area contributed by atoms with E-state index in [1.807, 2.05) is 0 Å². The van der Waals surface area contributed by atoms with Gasteiger partial charge in [0.15, 0.2) is 28.8 Å². The molecule has 35 heavy (non-hydrogen) atoms. The zero-order chi connectivity index (χ0) is 24.5. The molecule has 2 aliphatic heterocycles. The van der Waals surface area contributed by atoms with E-state index < -0.39 is 5.97 Å². The number of carbonyl (C=O) groups is 2. The van der Waals surface area contributed by atoms with Crippen LogP contribution in [0.2, 0.25) is 0 Å². The van der Waals surface area contributed by atoms with Gasteiger partial charge in [0.05, 0.1) is 32.5 Å². The Morgan fingerprint density at radius 2 is 1.60 bits per heavy atom. The van der Waals surface area contributed by atoms with E-state index in [-0.39, 0.29) is 35.4 Å². The number of fused-ring (bicyclic) bond motifs is 2. The van der Waals surface area contributed by atoms with Gasteiger partial charge in [-0.1, -0.05) is 6.07 Å². The third-order valence-corrected chi connectivity index (χ3v) is 5.45. The molecule has 0 aromatic heterocycles. The number of allylic oxidation sites excluding steroid dienone is 1. The third kappa shape index (κ3) is 4.08. The van der Waals surface area contributed by atoms with Crippen LogP contribution in [0.15, 0.2) is 54.3 Å². The molecule has 9 nitrogen and oxygen atoms in total. The van der Waals surface area contributed by atoms with Crippen molar-refractivity contribution in [2.24, 2.45) is 0 Å². The molecule has 0 saturated carbocycles. The fourth-order valence-electron chi connectivity index (χ4n) is 3.75. The molecule has 2 heterocycles. The molecule has 0 fully saturated rings. The highest BCUT2D eigenvalue weighted by Gasteiger charge is 2.28. The van der Waals surface area contributed by atoms with Gasteiger partial charge in [-0.05, 0) is 48.0 Å². The monoisotopic (exact) mass is 476 g/mol. The minimum absolute atomic E-state index is 0.145. The Balaban J connectivity index is 1.36. The van der Waals surface area contributed by atoms with Gasteiger partial charge >= 0.3 is 5.97 Å². The van der Waals surface area contributed by atoms with Gasteiger partial charge in [0, 0.05) is 6.07 Å². The molecule has 3 aromatic rings. The lowest BCUT2D eigenvalue weighted by Gasteiger charge is -2.13. The Labute approximate surface area is 200 Å². The lowest BCUT2D eigenvalue weighted by Crippen LogP contribution is -2.09. The first-order valence-corrected chi connectivity index (χ1v) is 10.5. The number of Topliss-reactive ketones (excluding diaryl/α,β-unsaturated/α-hetero) is 1. The quantitative estimate of drug-likeness (QED) is 0.293. The van der Waals surface area contributed by atoms with Crippen molar-refractivity contribution >= 4 is 17.8 Å². The van der Waals surface area contributed by atoms with E-state index in [0.29, 0.717) is 34.3 Å². The summed E-state index contributed by atoms with van der Waals surface area (Å²) in [6, 6.07) is 12.9. The topological polar surface area (TPSA) is 98.8 Å². The molecule has 0 aliphatic carbocycles. The number of ketones is 1. The van der Waals surface area contributed by atoms with Crippen LogP contribution in [0.5, 0.6) is 40.2 Å². The van der Waals surface area contributed by atoms with Gasteiger partial charge in [-0.25, -0.2) is 4.79 Å². The van der Waals surface area contributed by atoms with Crippen LogP contribution in [0.1, 0.15) is 26.3 Å². The molecule has 9 heteroatoms. The van der Waals surface area contributed by atoms with E-state index >= 15 is 0 Å². The van der Waals surface area contributed by atoms with Crippen molar-refractivity contribution in [2.75, 3.05) is 28.1 Å². The molecule has 0 radical (unpaired) electrons. The molecule has 0 amide bonds. The van der Waals surface area contributed by atoms with Gasteiger partial charge in [0.1, 0.15) is 11.5 Å². The minimum atomic E-state index is -0.648. The molecule has 0 saturated heterocycles. The Hall–Kier alpha value is -4.66. The number of hydrogen-bond acceptors (Lipinski definition) is 9. The highest BCUT2D eigenvalue weighted by molar-refractivity contribution is 6.14. The largest absolute Gasteiger partial charge is 0.493 e.